The van der Waals surface area contributed by atoms with Crippen molar-refractivity contribution < 1.29 is 29.1 Å². The minimum atomic E-state index is -1.07. The zero-order valence-corrected chi connectivity index (χ0v) is 18.6. The van der Waals surface area contributed by atoms with Crippen LogP contribution in [0.2, 0.25) is 0 Å². The zero-order chi connectivity index (χ0) is 22.3. The highest BCUT2D eigenvalue weighted by Crippen LogP contribution is 2.50. The highest BCUT2D eigenvalue weighted by molar-refractivity contribution is 8.01. The van der Waals surface area contributed by atoms with E-state index < -0.39 is 40.0 Å². The van der Waals surface area contributed by atoms with Crippen LogP contribution in [0.4, 0.5) is 5.13 Å². The van der Waals surface area contributed by atoms with Crippen molar-refractivity contribution in [2.24, 2.45) is 5.16 Å². The third kappa shape index (κ3) is 4.08. The van der Waals surface area contributed by atoms with Gasteiger partial charge in [-0.1, -0.05) is 5.16 Å². The lowest BCUT2D eigenvalue weighted by molar-refractivity contribution is -0.160. The molecule has 31 heavy (non-hydrogen) atoms. The summed E-state index contributed by atoms with van der Waals surface area (Å²) in [7, 11) is 0. The summed E-state index contributed by atoms with van der Waals surface area (Å²) in [5.74, 6) is -2.14. The monoisotopic (exact) mass is 469 g/mol. The van der Waals surface area contributed by atoms with Crippen LogP contribution in [0.1, 0.15) is 32.4 Å². The fourth-order valence-electron chi connectivity index (χ4n) is 3.86. The summed E-state index contributed by atoms with van der Waals surface area (Å²) in [6.07, 6.45) is 1.12. The maximum atomic E-state index is 13.0. The van der Waals surface area contributed by atoms with Crippen LogP contribution < -0.4 is 11.1 Å². The fourth-order valence-corrected chi connectivity index (χ4v) is 6.04. The van der Waals surface area contributed by atoms with Crippen molar-refractivity contribution in [1.29, 1.82) is 0 Å². The first-order valence-corrected chi connectivity index (χ1v) is 11.5. The molecule has 0 saturated carbocycles. The molecule has 3 aliphatic rings. The summed E-state index contributed by atoms with van der Waals surface area (Å²) >= 11 is 2.50. The maximum absolute atomic E-state index is 13.0. The molecule has 11 nitrogen and oxygen atoms in total. The first-order valence-electron chi connectivity index (χ1n) is 9.75. The third-order valence-corrected chi connectivity index (χ3v) is 7.65. The zero-order valence-electron chi connectivity index (χ0n) is 16.9. The van der Waals surface area contributed by atoms with E-state index in [9.17, 15) is 19.5 Å². The molecule has 0 spiro atoms. The van der Waals surface area contributed by atoms with Crippen molar-refractivity contribution in [3.63, 3.8) is 0 Å². The molecule has 13 heteroatoms. The molecule has 1 aromatic rings. The summed E-state index contributed by atoms with van der Waals surface area (Å²) in [5.41, 5.74) is 5.87. The number of nitrogens with zero attached hydrogens (tertiary/aromatic N) is 3. The van der Waals surface area contributed by atoms with E-state index in [0.717, 1.165) is 11.3 Å². The Morgan fingerprint density at radius 2 is 2.13 bits per heavy atom. The average Bonchev–Trinajstić information content (AvgIpc) is 3.25. The van der Waals surface area contributed by atoms with Gasteiger partial charge in [0.1, 0.15) is 29.3 Å². The summed E-state index contributed by atoms with van der Waals surface area (Å²) in [5, 5.41) is 17.6. The molecule has 4 N–H and O–H groups in total. The van der Waals surface area contributed by atoms with E-state index in [2.05, 4.69) is 15.5 Å². The van der Waals surface area contributed by atoms with Gasteiger partial charge in [-0.25, -0.2) is 9.78 Å². The molecule has 1 aromatic heterocycles. The van der Waals surface area contributed by atoms with E-state index in [1.54, 1.807) is 19.2 Å². The number of aromatic nitrogens is 1. The Kier molecular flexibility index (Phi) is 5.83. The molecule has 3 fully saturated rings. The van der Waals surface area contributed by atoms with Gasteiger partial charge in [-0.3, -0.25) is 9.59 Å². The van der Waals surface area contributed by atoms with Crippen LogP contribution in [0, 0.1) is 0 Å². The van der Waals surface area contributed by atoms with Crippen molar-refractivity contribution in [3.8, 4) is 0 Å². The summed E-state index contributed by atoms with van der Waals surface area (Å²) in [6.45, 7) is 4.65. The number of rotatable bonds is 6. The van der Waals surface area contributed by atoms with Crippen LogP contribution in [0.15, 0.2) is 10.5 Å². The van der Waals surface area contributed by atoms with Crippen LogP contribution in [0.3, 0.4) is 0 Å². The fraction of sp³-hybridized carbons (Fsp3) is 0.611. The van der Waals surface area contributed by atoms with Gasteiger partial charge in [-0.05, 0) is 13.8 Å². The number of nitrogen functional groups attached to an aromatic ring is 1. The smallest absolute Gasteiger partial charge is 0.327 e. The summed E-state index contributed by atoms with van der Waals surface area (Å²) in [4.78, 5) is 48.3. The number of nitrogens with one attached hydrogen (secondary N) is 1. The minimum Gasteiger partial charge on any atom is -0.480 e. The second-order valence-corrected chi connectivity index (χ2v) is 10.6. The topological polar surface area (TPSA) is 156 Å². The molecule has 0 unspecified atom stereocenters. The predicted molar refractivity (Wildman–Crippen MR) is 114 cm³/mol. The molecular weight excluding hydrogens is 446 g/mol. The molecule has 3 atom stereocenters. The number of aliphatic carboxylic acids is 1. The molecule has 3 saturated heterocycles. The van der Waals surface area contributed by atoms with E-state index in [0.29, 0.717) is 26.1 Å². The Labute approximate surface area is 186 Å². The molecule has 168 valence electrons. The number of carboxylic acids is 1. The van der Waals surface area contributed by atoms with Gasteiger partial charge in [0, 0.05) is 23.0 Å². The van der Waals surface area contributed by atoms with Crippen molar-refractivity contribution in [3.05, 3.63) is 11.1 Å². The van der Waals surface area contributed by atoms with Gasteiger partial charge < -0.3 is 30.6 Å². The molecular formula is C18H23N5O6S2. The number of carbonyl (C=O) groups excluding carboxylic acids is 2. The predicted octanol–water partition coefficient (Wildman–Crippen LogP) is 0.257. The normalized spacial score (nSPS) is 28.1. The van der Waals surface area contributed by atoms with Crippen LogP contribution in [-0.4, -0.2) is 80.0 Å². The van der Waals surface area contributed by atoms with E-state index in [4.69, 9.17) is 15.3 Å². The van der Waals surface area contributed by atoms with Gasteiger partial charge in [-0.15, -0.1) is 23.1 Å². The highest BCUT2D eigenvalue weighted by atomic mass is 32.2. The summed E-state index contributed by atoms with van der Waals surface area (Å²) < 4.78 is 4.61. The average molecular weight is 470 g/mol. The molecule has 0 bridgehead atoms. The number of thioether (sulfide) groups is 1. The van der Waals surface area contributed by atoms with Crippen LogP contribution >= 0.6 is 23.1 Å². The molecule has 4 heterocycles. The second-order valence-electron chi connectivity index (χ2n) is 7.98. The number of fused-ring (bicyclic) bond motifs is 1. The Hall–Kier alpha value is -2.38. The van der Waals surface area contributed by atoms with Gasteiger partial charge in [0.15, 0.2) is 10.8 Å². The standard InChI is InChI=1S/C18H23N5O6S2/c1-18(2)12(16(26)27)23-14(25)11(15(23)31-18)21-13(24)10(9-7-30-17(19)20-9)22-29-8-3-5-28-6-4-8/h7-8,11-12,15H,3-6H2,1-2H3,(H2,19,20)(H,21,24)(H,26,27)/t11-,12-,15+/m0/s1. The van der Waals surface area contributed by atoms with Crippen LogP contribution in [0.25, 0.3) is 0 Å². The molecule has 0 aliphatic carbocycles. The number of oxime groups is 1. The molecule has 2 amide bonds. The number of β-lactam (4-membered cyclic amide) rings is 1. The van der Waals surface area contributed by atoms with Gasteiger partial charge in [0.2, 0.25) is 5.91 Å². The highest BCUT2D eigenvalue weighted by Gasteiger charge is 2.64. The number of hydrogen-bond donors (Lipinski definition) is 3. The third-order valence-electron chi connectivity index (χ3n) is 5.40. The van der Waals surface area contributed by atoms with Gasteiger partial charge >= 0.3 is 5.97 Å². The SMILES string of the molecule is CC1(C)S[C@@H]2[C@@H](NC(=O)C(=NOC3CCOCC3)c3csc(N)n3)C(=O)N2[C@H]1C(=O)O. The number of amides is 2. The number of thiazole rings is 1. The number of carbonyl (C=O) groups is 3. The second kappa shape index (κ2) is 8.28. The van der Waals surface area contributed by atoms with E-state index in [1.807, 2.05) is 0 Å². The molecule has 3 aliphatic heterocycles. The molecule has 0 aromatic carbocycles. The van der Waals surface area contributed by atoms with Gasteiger partial charge in [-0.2, -0.15) is 0 Å². The van der Waals surface area contributed by atoms with Crippen molar-refractivity contribution >= 4 is 51.7 Å². The maximum Gasteiger partial charge on any atom is 0.327 e. The Balaban J connectivity index is 1.50. The van der Waals surface area contributed by atoms with E-state index >= 15 is 0 Å². The van der Waals surface area contributed by atoms with Gasteiger partial charge in [0.05, 0.1) is 13.2 Å². The Bertz CT molecular complexity index is 928. The lowest BCUT2D eigenvalue weighted by Gasteiger charge is -2.43. The van der Waals surface area contributed by atoms with Crippen molar-refractivity contribution in [2.75, 3.05) is 18.9 Å². The minimum absolute atomic E-state index is 0.0808. The number of anilines is 1. The first kappa shape index (κ1) is 21.8. The molecule has 0 radical (unpaired) electrons. The van der Waals surface area contributed by atoms with Crippen LogP contribution in [-0.2, 0) is 24.0 Å². The van der Waals surface area contributed by atoms with E-state index in [1.165, 1.54) is 16.7 Å². The number of ether oxygens (including phenoxy) is 1. The number of carboxylic acid groups (broad SMARTS) is 1. The Morgan fingerprint density at radius 1 is 1.42 bits per heavy atom. The lowest BCUT2D eigenvalue weighted by atomic mass is 9.96. The lowest BCUT2D eigenvalue weighted by Crippen LogP contribution is -2.71. The first-order chi connectivity index (χ1) is 14.7. The number of nitrogens with two attached hydrogens (primary N) is 1. The quantitative estimate of drug-likeness (QED) is 0.302. The van der Waals surface area contributed by atoms with E-state index in [-0.39, 0.29) is 22.6 Å². The van der Waals surface area contributed by atoms with Crippen LogP contribution in [0.5, 0.6) is 0 Å². The number of hydrogen-bond acceptors (Lipinski definition) is 10. The van der Waals surface area contributed by atoms with Crippen molar-refractivity contribution in [2.45, 2.75) is 55.0 Å². The van der Waals surface area contributed by atoms with Crippen molar-refractivity contribution in [1.82, 2.24) is 15.2 Å². The van der Waals surface area contributed by atoms with Gasteiger partial charge in [0.25, 0.3) is 5.91 Å². The Morgan fingerprint density at radius 3 is 2.74 bits per heavy atom. The molecule has 4 rings (SSSR count). The summed E-state index contributed by atoms with van der Waals surface area (Å²) in [6, 6.07) is -1.81. The largest absolute Gasteiger partial charge is 0.480 e.